The summed E-state index contributed by atoms with van der Waals surface area (Å²) in [6.45, 7) is 2.05. The molecule has 0 aliphatic heterocycles. The molecule has 0 unspecified atom stereocenters. The van der Waals surface area contributed by atoms with Crippen LogP contribution in [0.1, 0.15) is 12.5 Å². The SMILES string of the molecule is CCOC(=O)Nc1ccc(N=Cc2ccc(F)cc2)cc1NC. The molecule has 0 saturated heterocycles. The van der Waals surface area contributed by atoms with Crippen molar-refractivity contribution in [3.8, 4) is 0 Å². The molecule has 0 spiro atoms. The van der Waals surface area contributed by atoms with Gasteiger partial charge in [0.05, 0.1) is 23.7 Å². The van der Waals surface area contributed by atoms with Crippen molar-refractivity contribution in [2.45, 2.75) is 6.92 Å². The van der Waals surface area contributed by atoms with Crippen LogP contribution in [-0.4, -0.2) is 26.0 Å². The number of hydrogen-bond acceptors (Lipinski definition) is 4. The lowest BCUT2D eigenvalue weighted by atomic mass is 10.2. The first-order chi connectivity index (χ1) is 11.1. The zero-order chi connectivity index (χ0) is 16.7. The second-order valence-electron chi connectivity index (χ2n) is 4.64. The first-order valence-electron chi connectivity index (χ1n) is 7.17. The molecule has 0 aliphatic rings. The van der Waals surface area contributed by atoms with Gasteiger partial charge in [-0.2, -0.15) is 0 Å². The summed E-state index contributed by atoms with van der Waals surface area (Å²) in [6.07, 6.45) is 1.14. The molecule has 0 bridgehead atoms. The largest absolute Gasteiger partial charge is 0.450 e. The van der Waals surface area contributed by atoms with Crippen LogP contribution in [0.4, 0.5) is 26.2 Å². The average Bonchev–Trinajstić information content (AvgIpc) is 2.55. The van der Waals surface area contributed by atoms with Crippen LogP contribution in [0, 0.1) is 5.82 Å². The Morgan fingerprint density at radius 1 is 1.22 bits per heavy atom. The molecule has 0 aromatic heterocycles. The van der Waals surface area contributed by atoms with E-state index in [1.54, 1.807) is 50.5 Å². The van der Waals surface area contributed by atoms with E-state index in [2.05, 4.69) is 15.6 Å². The molecule has 120 valence electrons. The maximum atomic E-state index is 12.9. The van der Waals surface area contributed by atoms with E-state index in [4.69, 9.17) is 4.74 Å². The number of anilines is 2. The summed E-state index contributed by atoms with van der Waals surface area (Å²) >= 11 is 0. The van der Waals surface area contributed by atoms with Gasteiger partial charge in [-0.25, -0.2) is 9.18 Å². The van der Waals surface area contributed by atoms with E-state index >= 15 is 0 Å². The Morgan fingerprint density at radius 2 is 1.96 bits per heavy atom. The number of halogens is 1. The number of benzene rings is 2. The molecule has 1 amide bonds. The van der Waals surface area contributed by atoms with Crippen LogP contribution in [0.2, 0.25) is 0 Å². The number of carbonyl (C=O) groups excluding carboxylic acids is 1. The van der Waals surface area contributed by atoms with Crippen LogP contribution < -0.4 is 10.6 Å². The van der Waals surface area contributed by atoms with Crippen molar-refractivity contribution in [1.82, 2.24) is 0 Å². The minimum Gasteiger partial charge on any atom is -0.450 e. The fourth-order valence-corrected chi connectivity index (χ4v) is 1.90. The molecule has 6 heteroatoms. The van der Waals surface area contributed by atoms with Crippen molar-refractivity contribution in [2.75, 3.05) is 24.3 Å². The standard InChI is InChI=1S/C17H18FN3O2/c1-3-23-17(22)21-15-9-8-14(10-16(15)19-2)20-11-12-4-6-13(18)7-5-12/h4-11,19H,3H2,1-2H3,(H,21,22). The van der Waals surface area contributed by atoms with Crippen LogP contribution in [0.15, 0.2) is 47.5 Å². The summed E-state index contributed by atoms with van der Waals surface area (Å²) in [5.41, 5.74) is 2.82. The number of hydrogen-bond donors (Lipinski definition) is 2. The molecule has 0 fully saturated rings. The van der Waals surface area contributed by atoms with Crippen molar-refractivity contribution < 1.29 is 13.9 Å². The number of amides is 1. The van der Waals surface area contributed by atoms with Crippen molar-refractivity contribution in [2.24, 2.45) is 4.99 Å². The second-order valence-corrected chi connectivity index (χ2v) is 4.64. The van der Waals surface area contributed by atoms with Gasteiger partial charge >= 0.3 is 6.09 Å². The van der Waals surface area contributed by atoms with Gasteiger partial charge in [0.25, 0.3) is 0 Å². The number of nitrogens with zero attached hydrogens (tertiary/aromatic N) is 1. The Bertz CT molecular complexity index is 699. The summed E-state index contributed by atoms with van der Waals surface area (Å²) in [4.78, 5) is 15.8. The Labute approximate surface area is 134 Å². The number of ether oxygens (including phenoxy) is 1. The molecule has 0 saturated carbocycles. The predicted molar refractivity (Wildman–Crippen MR) is 90.3 cm³/mol. The van der Waals surface area contributed by atoms with Gasteiger partial charge in [0.1, 0.15) is 5.82 Å². The van der Waals surface area contributed by atoms with Crippen LogP contribution in [0.5, 0.6) is 0 Å². The topological polar surface area (TPSA) is 62.7 Å². The lowest BCUT2D eigenvalue weighted by Gasteiger charge is -2.11. The first kappa shape index (κ1) is 16.5. The fraction of sp³-hybridized carbons (Fsp3) is 0.176. The molecule has 5 nitrogen and oxygen atoms in total. The van der Waals surface area contributed by atoms with E-state index < -0.39 is 6.09 Å². The molecule has 0 heterocycles. The van der Waals surface area contributed by atoms with Gasteiger partial charge in [0.15, 0.2) is 0 Å². The third-order valence-electron chi connectivity index (χ3n) is 3.02. The zero-order valence-corrected chi connectivity index (χ0v) is 13.0. The van der Waals surface area contributed by atoms with Gasteiger partial charge in [-0.1, -0.05) is 12.1 Å². The van der Waals surface area contributed by atoms with Crippen LogP contribution in [-0.2, 0) is 4.74 Å². The summed E-state index contributed by atoms with van der Waals surface area (Å²) in [5.74, 6) is -0.283. The van der Waals surface area contributed by atoms with Crippen molar-refractivity contribution in [3.63, 3.8) is 0 Å². The first-order valence-corrected chi connectivity index (χ1v) is 7.17. The van der Waals surface area contributed by atoms with Gasteiger partial charge in [0, 0.05) is 13.3 Å². The monoisotopic (exact) mass is 315 g/mol. The minimum atomic E-state index is -0.508. The highest BCUT2D eigenvalue weighted by Crippen LogP contribution is 2.27. The average molecular weight is 315 g/mol. The van der Waals surface area contributed by atoms with E-state index in [1.807, 2.05) is 0 Å². The van der Waals surface area contributed by atoms with Gasteiger partial charge in [-0.05, 0) is 42.8 Å². The molecule has 23 heavy (non-hydrogen) atoms. The molecule has 2 aromatic rings. The molecule has 0 aliphatic carbocycles. The smallest absolute Gasteiger partial charge is 0.411 e. The molecular weight excluding hydrogens is 297 g/mol. The van der Waals surface area contributed by atoms with Crippen LogP contribution >= 0.6 is 0 Å². The van der Waals surface area contributed by atoms with Crippen molar-refractivity contribution in [3.05, 3.63) is 53.8 Å². The van der Waals surface area contributed by atoms with E-state index in [9.17, 15) is 9.18 Å². The van der Waals surface area contributed by atoms with Gasteiger partial charge in [0.2, 0.25) is 0 Å². The van der Waals surface area contributed by atoms with Crippen molar-refractivity contribution in [1.29, 1.82) is 0 Å². The summed E-state index contributed by atoms with van der Waals surface area (Å²) in [7, 11) is 1.75. The van der Waals surface area contributed by atoms with Crippen LogP contribution in [0.25, 0.3) is 0 Å². The minimum absolute atomic E-state index is 0.283. The molecule has 2 N–H and O–H groups in total. The predicted octanol–water partition coefficient (Wildman–Crippen LogP) is 4.19. The Hall–Kier alpha value is -2.89. The molecule has 2 aromatic carbocycles. The maximum absolute atomic E-state index is 12.9. The summed E-state index contributed by atoms with van der Waals surface area (Å²) < 4.78 is 17.7. The molecule has 0 radical (unpaired) electrons. The normalized spacial score (nSPS) is 10.6. The highest BCUT2D eigenvalue weighted by Gasteiger charge is 2.07. The third-order valence-corrected chi connectivity index (χ3v) is 3.02. The van der Waals surface area contributed by atoms with Crippen molar-refractivity contribution >= 4 is 29.4 Å². The number of aliphatic imine (C=N–C) groups is 1. The second kappa shape index (κ2) is 7.93. The fourth-order valence-electron chi connectivity index (χ4n) is 1.90. The Morgan fingerprint density at radius 3 is 2.61 bits per heavy atom. The molecular formula is C17H18FN3O2. The summed E-state index contributed by atoms with van der Waals surface area (Å²) in [6, 6.07) is 11.4. The zero-order valence-electron chi connectivity index (χ0n) is 13.0. The van der Waals surface area contributed by atoms with E-state index in [0.29, 0.717) is 23.7 Å². The molecule has 0 atom stereocenters. The van der Waals surface area contributed by atoms with Gasteiger partial charge in [-0.15, -0.1) is 0 Å². The van der Waals surface area contributed by atoms with E-state index in [-0.39, 0.29) is 5.82 Å². The Balaban J connectivity index is 2.14. The lowest BCUT2D eigenvalue weighted by Crippen LogP contribution is -2.14. The lowest BCUT2D eigenvalue weighted by molar-refractivity contribution is 0.168. The quantitative estimate of drug-likeness (QED) is 0.813. The Kier molecular flexibility index (Phi) is 5.68. The van der Waals surface area contributed by atoms with Gasteiger partial charge in [-0.3, -0.25) is 10.3 Å². The maximum Gasteiger partial charge on any atom is 0.411 e. The number of carbonyl (C=O) groups is 1. The highest BCUT2D eigenvalue weighted by molar-refractivity contribution is 5.90. The third kappa shape index (κ3) is 4.81. The summed E-state index contributed by atoms with van der Waals surface area (Å²) in [5, 5.41) is 5.65. The van der Waals surface area contributed by atoms with Gasteiger partial charge < -0.3 is 10.1 Å². The number of nitrogens with one attached hydrogen (secondary N) is 2. The molecule has 2 rings (SSSR count). The van der Waals surface area contributed by atoms with Crippen LogP contribution in [0.3, 0.4) is 0 Å². The van der Waals surface area contributed by atoms with E-state index in [0.717, 1.165) is 5.56 Å². The highest BCUT2D eigenvalue weighted by atomic mass is 19.1. The van der Waals surface area contributed by atoms with E-state index in [1.165, 1.54) is 12.1 Å². The number of rotatable bonds is 5.